The summed E-state index contributed by atoms with van der Waals surface area (Å²) in [6, 6.07) is 1.86. The van der Waals surface area contributed by atoms with E-state index >= 15 is 0 Å². The lowest BCUT2D eigenvalue weighted by Gasteiger charge is -2.14. The Balaban J connectivity index is 2.20. The number of nitrogens with zero attached hydrogens (tertiary/aromatic N) is 1. The fourth-order valence-corrected chi connectivity index (χ4v) is 3.12. The Morgan fingerprint density at radius 2 is 2.17 bits per heavy atom. The lowest BCUT2D eigenvalue weighted by atomic mass is 10.2. The standard InChI is InChI=1S/C11H11ClF3NOS/c1-6-8(2-3-17-6)18-10-5-7(11(13,14)15)4-9(12)16-10/h4-6,8H,2-3H2,1H3. The van der Waals surface area contributed by atoms with Crippen molar-refractivity contribution in [2.24, 2.45) is 0 Å². The number of halogens is 4. The highest BCUT2D eigenvalue weighted by Crippen LogP contribution is 2.36. The van der Waals surface area contributed by atoms with E-state index in [0.717, 1.165) is 18.6 Å². The highest BCUT2D eigenvalue weighted by atomic mass is 35.5. The average Bonchev–Trinajstić information content (AvgIpc) is 2.62. The van der Waals surface area contributed by atoms with Crippen LogP contribution < -0.4 is 0 Å². The van der Waals surface area contributed by atoms with Crippen LogP contribution in [0.15, 0.2) is 17.2 Å². The summed E-state index contributed by atoms with van der Waals surface area (Å²) in [4.78, 5) is 3.92. The smallest absolute Gasteiger partial charge is 0.377 e. The number of rotatable bonds is 2. The van der Waals surface area contributed by atoms with Crippen LogP contribution in [0.3, 0.4) is 0 Å². The Kier molecular flexibility index (Phi) is 4.08. The van der Waals surface area contributed by atoms with E-state index in [1.54, 1.807) is 0 Å². The third kappa shape index (κ3) is 3.30. The van der Waals surface area contributed by atoms with E-state index in [0.29, 0.717) is 6.61 Å². The lowest BCUT2D eigenvalue weighted by Crippen LogP contribution is -2.13. The van der Waals surface area contributed by atoms with Gasteiger partial charge in [-0.25, -0.2) is 4.98 Å². The van der Waals surface area contributed by atoms with Gasteiger partial charge in [0.25, 0.3) is 0 Å². The summed E-state index contributed by atoms with van der Waals surface area (Å²) in [5, 5.41) is 0.271. The molecule has 7 heteroatoms. The minimum Gasteiger partial charge on any atom is -0.377 e. The Morgan fingerprint density at radius 3 is 2.72 bits per heavy atom. The quantitative estimate of drug-likeness (QED) is 0.770. The molecule has 0 radical (unpaired) electrons. The molecule has 1 aliphatic rings. The van der Waals surface area contributed by atoms with Crippen LogP contribution in [0.2, 0.25) is 5.15 Å². The van der Waals surface area contributed by atoms with Gasteiger partial charge in [-0.1, -0.05) is 11.6 Å². The first-order valence-electron chi connectivity index (χ1n) is 5.39. The van der Waals surface area contributed by atoms with Crippen molar-refractivity contribution in [1.29, 1.82) is 0 Å². The highest BCUT2D eigenvalue weighted by molar-refractivity contribution is 7.99. The number of hydrogen-bond donors (Lipinski definition) is 0. The average molecular weight is 298 g/mol. The molecule has 18 heavy (non-hydrogen) atoms. The lowest BCUT2D eigenvalue weighted by molar-refractivity contribution is -0.137. The van der Waals surface area contributed by atoms with Crippen molar-refractivity contribution >= 4 is 23.4 Å². The van der Waals surface area contributed by atoms with Crippen LogP contribution in [0.25, 0.3) is 0 Å². The zero-order valence-electron chi connectivity index (χ0n) is 9.50. The molecule has 0 aromatic carbocycles. The van der Waals surface area contributed by atoms with E-state index in [-0.39, 0.29) is 21.5 Å². The molecule has 2 atom stereocenters. The maximum absolute atomic E-state index is 12.6. The molecule has 0 aliphatic carbocycles. The summed E-state index contributed by atoms with van der Waals surface area (Å²) in [6.07, 6.45) is -3.58. The summed E-state index contributed by atoms with van der Waals surface area (Å²) in [5.74, 6) is 0. The van der Waals surface area contributed by atoms with E-state index < -0.39 is 11.7 Å². The molecule has 0 spiro atoms. The molecule has 1 aliphatic heterocycles. The van der Waals surface area contributed by atoms with E-state index in [4.69, 9.17) is 16.3 Å². The predicted molar refractivity (Wildman–Crippen MR) is 63.9 cm³/mol. The highest BCUT2D eigenvalue weighted by Gasteiger charge is 2.32. The van der Waals surface area contributed by atoms with Gasteiger partial charge in [-0.2, -0.15) is 13.2 Å². The van der Waals surface area contributed by atoms with Crippen LogP contribution in [0.4, 0.5) is 13.2 Å². The number of thioether (sulfide) groups is 1. The summed E-state index contributed by atoms with van der Waals surface area (Å²) in [7, 11) is 0. The molecule has 0 amide bonds. The molecular formula is C11H11ClF3NOS. The first kappa shape index (κ1) is 14.0. The second kappa shape index (κ2) is 5.27. The minimum atomic E-state index is -4.40. The Hall–Kier alpha value is -0.460. The first-order valence-corrected chi connectivity index (χ1v) is 6.65. The van der Waals surface area contributed by atoms with E-state index in [1.807, 2.05) is 6.92 Å². The van der Waals surface area contributed by atoms with Gasteiger partial charge in [0.15, 0.2) is 0 Å². The first-order chi connectivity index (χ1) is 8.36. The summed E-state index contributed by atoms with van der Waals surface area (Å²) in [6.45, 7) is 2.53. The fourth-order valence-electron chi connectivity index (χ4n) is 1.72. The van der Waals surface area contributed by atoms with Gasteiger partial charge in [0.1, 0.15) is 5.15 Å². The Labute approximate surface area is 112 Å². The molecule has 1 aromatic heterocycles. The number of pyridine rings is 1. The molecule has 0 saturated carbocycles. The monoisotopic (exact) mass is 297 g/mol. The third-order valence-electron chi connectivity index (χ3n) is 2.68. The number of hydrogen-bond acceptors (Lipinski definition) is 3. The van der Waals surface area contributed by atoms with Gasteiger partial charge >= 0.3 is 6.18 Å². The van der Waals surface area contributed by atoms with Gasteiger partial charge < -0.3 is 4.74 Å². The van der Waals surface area contributed by atoms with E-state index in [2.05, 4.69) is 4.98 Å². The van der Waals surface area contributed by atoms with Gasteiger partial charge in [0, 0.05) is 11.9 Å². The zero-order valence-corrected chi connectivity index (χ0v) is 11.1. The van der Waals surface area contributed by atoms with Crippen molar-refractivity contribution in [3.05, 3.63) is 22.8 Å². The SMILES string of the molecule is CC1OCCC1Sc1cc(C(F)(F)F)cc(Cl)n1. The van der Waals surface area contributed by atoms with Crippen molar-refractivity contribution in [3.8, 4) is 0 Å². The molecular weight excluding hydrogens is 287 g/mol. The number of alkyl halides is 3. The van der Waals surface area contributed by atoms with Gasteiger partial charge in [-0.15, -0.1) is 11.8 Å². The molecule has 0 bridgehead atoms. The Bertz CT molecular complexity index is 441. The van der Waals surface area contributed by atoms with Crippen molar-refractivity contribution in [3.63, 3.8) is 0 Å². The number of aromatic nitrogens is 1. The third-order valence-corrected chi connectivity index (χ3v) is 4.24. The van der Waals surface area contributed by atoms with Gasteiger partial charge in [0.05, 0.1) is 16.7 Å². The Morgan fingerprint density at radius 1 is 1.44 bits per heavy atom. The molecule has 2 unspecified atom stereocenters. The topological polar surface area (TPSA) is 22.1 Å². The normalized spacial score (nSPS) is 24.5. The van der Waals surface area contributed by atoms with Crippen LogP contribution in [-0.2, 0) is 10.9 Å². The van der Waals surface area contributed by atoms with Gasteiger partial charge in [0.2, 0.25) is 0 Å². The maximum atomic E-state index is 12.6. The molecule has 100 valence electrons. The van der Waals surface area contributed by atoms with Crippen molar-refractivity contribution < 1.29 is 17.9 Å². The fraction of sp³-hybridized carbons (Fsp3) is 0.545. The predicted octanol–water partition coefficient (Wildman–Crippen LogP) is 4.02. The molecule has 2 nitrogen and oxygen atoms in total. The zero-order chi connectivity index (χ0) is 13.3. The second-order valence-electron chi connectivity index (χ2n) is 4.04. The van der Waals surface area contributed by atoms with Crippen LogP contribution in [0, 0.1) is 0 Å². The van der Waals surface area contributed by atoms with Gasteiger partial charge in [-0.3, -0.25) is 0 Å². The molecule has 2 heterocycles. The van der Waals surface area contributed by atoms with E-state index in [1.165, 1.54) is 11.8 Å². The van der Waals surface area contributed by atoms with E-state index in [9.17, 15) is 13.2 Å². The summed E-state index contributed by atoms with van der Waals surface area (Å²) < 4.78 is 43.2. The minimum absolute atomic E-state index is 0.0186. The maximum Gasteiger partial charge on any atom is 0.416 e. The van der Waals surface area contributed by atoms with Crippen molar-refractivity contribution in [1.82, 2.24) is 4.98 Å². The molecule has 1 saturated heterocycles. The molecule has 0 N–H and O–H groups in total. The van der Waals surface area contributed by atoms with Crippen LogP contribution in [-0.4, -0.2) is 22.9 Å². The molecule has 2 rings (SSSR count). The van der Waals surface area contributed by atoms with Crippen LogP contribution >= 0.6 is 23.4 Å². The summed E-state index contributed by atoms with van der Waals surface area (Å²) in [5.41, 5.74) is -0.767. The van der Waals surface area contributed by atoms with Crippen LogP contribution in [0.5, 0.6) is 0 Å². The largest absolute Gasteiger partial charge is 0.416 e. The number of ether oxygens (including phenoxy) is 1. The van der Waals surface area contributed by atoms with Crippen LogP contribution in [0.1, 0.15) is 18.9 Å². The van der Waals surface area contributed by atoms with Crippen molar-refractivity contribution in [2.45, 2.75) is 35.9 Å². The van der Waals surface area contributed by atoms with Gasteiger partial charge in [-0.05, 0) is 25.5 Å². The van der Waals surface area contributed by atoms with Crippen molar-refractivity contribution in [2.75, 3.05) is 6.61 Å². The molecule has 1 aromatic rings. The second-order valence-corrected chi connectivity index (χ2v) is 5.68. The molecule has 1 fully saturated rings. The summed E-state index contributed by atoms with van der Waals surface area (Å²) >= 11 is 6.91.